The zero-order valence-electron chi connectivity index (χ0n) is 12.8. The molecule has 0 bridgehead atoms. The Kier molecular flexibility index (Phi) is 4.53. The molecular weight excluding hydrogens is 270 g/mol. The lowest BCUT2D eigenvalue weighted by Crippen LogP contribution is -2.25. The van der Waals surface area contributed by atoms with Crippen LogP contribution in [-0.2, 0) is 0 Å². The van der Waals surface area contributed by atoms with E-state index in [-0.39, 0.29) is 5.91 Å². The molecule has 2 rings (SSSR count). The predicted molar refractivity (Wildman–Crippen MR) is 78.3 cm³/mol. The van der Waals surface area contributed by atoms with Gasteiger partial charge in [-0.15, -0.1) is 0 Å². The van der Waals surface area contributed by atoms with E-state index in [1.54, 1.807) is 19.9 Å². The van der Waals surface area contributed by atoms with E-state index < -0.39 is 6.10 Å². The van der Waals surface area contributed by atoms with Gasteiger partial charge in [-0.1, -0.05) is 0 Å². The summed E-state index contributed by atoms with van der Waals surface area (Å²) in [5, 5.41) is 12.9. The first kappa shape index (κ1) is 15.4. The average molecular weight is 291 g/mol. The van der Waals surface area contributed by atoms with Crippen LogP contribution in [0.1, 0.15) is 51.5 Å². The minimum atomic E-state index is -0.644. The molecule has 1 unspecified atom stereocenters. The minimum absolute atomic E-state index is 0.184. The Hall–Kier alpha value is -2.01. The average Bonchev–Trinajstić information content (AvgIpc) is 2.91. The molecule has 0 aliphatic carbocycles. The molecule has 0 aromatic carbocycles. The van der Waals surface area contributed by atoms with Crippen LogP contribution in [-0.4, -0.2) is 17.6 Å². The third-order valence-electron chi connectivity index (χ3n) is 3.43. The molecule has 2 aromatic heterocycles. The number of rotatable bonds is 5. The van der Waals surface area contributed by atoms with E-state index in [4.69, 9.17) is 8.83 Å². The molecule has 0 fully saturated rings. The first-order valence-corrected chi connectivity index (χ1v) is 6.98. The minimum Gasteiger partial charge on any atom is -0.466 e. The van der Waals surface area contributed by atoms with Gasteiger partial charge in [0.2, 0.25) is 0 Å². The van der Waals surface area contributed by atoms with Gasteiger partial charge in [0.15, 0.2) is 0 Å². The smallest absolute Gasteiger partial charge is 0.254 e. The fourth-order valence-corrected chi connectivity index (χ4v) is 2.41. The number of hydrogen-bond donors (Lipinski definition) is 2. The normalized spacial score (nSPS) is 12.4. The molecule has 0 saturated carbocycles. The van der Waals surface area contributed by atoms with Gasteiger partial charge < -0.3 is 19.3 Å². The second kappa shape index (κ2) is 6.18. The van der Waals surface area contributed by atoms with Crippen molar-refractivity contribution in [3.8, 4) is 0 Å². The van der Waals surface area contributed by atoms with Crippen LogP contribution in [0, 0.1) is 27.7 Å². The maximum Gasteiger partial charge on any atom is 0.254 e. The molecule has 0 saturated heterocycles. The summed E-state index contributed by atoms with van der Waals surface area (Å²) in [6.07, 6.45) is -0.212. The third-order valence-corrected chi connectivity index (χ3v) is 3.43. The Morgan fingerprint density at radius 2 is 1.76 bits per heavy atom. The van der Waals surface area contributed by atoms with Gasteiger partial charge in [-0.2, -0.15) is 0 Å². The van der Waals surface area contributed by atoms with Gasteiger partial charge in [-0.25, -0.2) is 0 Å². The molecule has 2 heterocycles. The molecule has 0 aliphatic rings. The van der Waals surface area contributed by atoms with Crippen LogP contribution < -0.4 is 5.32 Å². The molecule has 0 aliphatic heterocycles. The maximum absolute atomic E-state index is 12.0. The standard InChI is InChI=1S/C16H21NO4/c1-9-7-13(11(3)20-9)15(18)5-6-17-16(19)14-8-10(2)21-12(14)4/h7-8,15,18H,5-6H2,1-4H3,(H,17,19). The molecule has 114 valence electrons. The van der Waals surface area contributed by atoms with Gasteiger partial charge in [0.05, 0.1) is 11.7 Å². The summed E-state index contributed by atoms with van der Waals surface area (Å²) in [6, 6.07) is 3.54. The first-order valence-electron chi connectivity index (χ1n) is 6.98. The van der Waals surface area contributed by atoms with Crippen LogP contribution >= 0.6 is 0 Å². The largest absolute Gasteiger partial charge is 0.466 e. The highest BCUT2D eigenvalue weighted by Gasteiger charge is 2.16. The van der Waals surface area contributed by atoms with Gasteiger partial charge in [-0.05, 0) is 46.2 Å². The second-order valence-electron chi connectivity index (χ2n) is 5.26. The number of nitrogens with one attached hydrogen (secondary N) is 1. The van der Waals surface area contributed by atoms with Crippen LogP contribution in [0.15, 0.2) is 21.0 Å². The van der Waals surface area contributed by atoms with Crippen LogP contribution in [0.2, 0.25) is 0 Å². The van der Waals surface area contributed by atoms with Crippen molar-refractivity contribution in [2.24, 2.45) is 0 Å². The molecule has 0 radical (unpaired) electrons. The number of hydrogen-bond acceptors (Lipinski definition) is 4. The highest BCUT2D eigenvalue weighted by molar-refractivity contribution is 5.95. The summed E-state index contributed by atoms with van der Waals surface area (Å²) >= 11 is 0. The highest BCUT2D eigenvalue weighted by Crippen LogP contribution is 2.23. The fourth-order valence-electron chi connectivity index (χ4n) is 2.41. The van der Waals surface area contributed by atoms with Crippen LogP contribution in [0.4, 0.5) is 0 Å². The number of furan rings is 2. The monoisotopic (exact) mass is 291 g/mol. The van der Waals surface area contributed by atoms with E-state index >= 15 is 0 Å². The molecule has 5 heteroatoms. The van der Waals surface area contributed by atoms with Crippen LogP contribution in [0.5, 0.6) is 0 Å². The number of carbonyl (C=O) groups is 1. The Balaban J connectivity index is 1.88. The zero-order valence-corrected chi connectivity index (χ0v) is 12.8. The predicted octanol–water partition coefficient (Wildman–Crippen LogP) is 2.96. The lowest BCUT2D eigenvalue weighted by molar-refractivity contribution is 0.0941. The Labute approximate surface area is 124 Å². The fraction of sp³-hybridized carbons (Fsp3) is 0.438. The van der Waals surface area contributed by atoms with Gasteiger partial charge in [-0.3, -0.25) is 4.79 Å². The summed E-state index contributed by atoms with van der Waals surface area (Å²) in [4.78, 5) is 12.0. The molecule has 5 nitrogen and oxygen atoms in total. The molecule has 0 spiro atoms. The van der Waals surface area contributed by atoms with E-state index in [2.05, 4.69) is 5.32 Å². The first-order chi connectivity index (χ1) is 9.88. The number of amides is 1. The lowest BCUT2D eigenvalue weighted by atomic mass is 10.1. The van der Waals surface area contributed by atoms with Gasteiger partial charge in [0.1, 0.15) is 23.0 Å². The van der Waals surface area contributed by atoms with Crippen molar-refractivity contribution in [1.82, 2.24) is 5.32 Å². The lowest BCUT2D eigenvalue weighted by Gasteiger charge is -2.10. The van der Waals surface area contributed by atoms with E-state index in [0.29, 0.717) is 35.8 Å². The SMILES string of the molecule is Cc1cc(C(=O)NCCC(O)c2cc(C)oc2C)c(C)o1. The van der Waals surface area contributed by atoms with Crippen molar-refractivity contribution in [3.63, 3.8) is 0 Å². The maximum atomic E-state index is 12.0. The number of aliphatic hydroxyl groups excluding tert-OH is 1. The van der Waals surface area contributed by atoms with Crippen molar-refractivity contribution >= 4 is 5.91 Å². The summed E-state index contributed by atoms with van der Waals surface area (Å²) in [6.45, 7) is 7.61. The summed E-state index contributed by atoms with van der Waals surface area (Å²) in [7, 11) is 0. The molecule has 2 aromatic rings. The molecule has 2 N–H and O–H groups in total. The summed E-state index contributed by atoms with van der Waals surface area (Å²) in [5.41, 5.74) is 1.31. The summed E-state index contributed by atoms with van der Waals surface area (Å²) < 4.78 is 10.7. The Morgan fingerprint density at radius 1 is 1.14 bits per heavy atom. The van der Waals surface area contributed by atoms with Crippen molar-refractivity contribution in [3.05, 3.63) is 46.3 Å². The zero-order chi connectivity index (χ0) is 15.6. The van der Waals surface area contributed by atoms with Crippen molar-refractivity contribution in [1.29, 1.82) is 0 Å². The molecular formula is C16H21NO4. The van der Waals surface area contributed by atoms with Crippen molar-refractivity contribution in [2.45, 2.75) is 40.2 Å². The molecule has 1 atom stereocenters. The van der Waals surface area contributed by atoms with Gasteiger partial charge in [0, 0.05) is 12.1 Å². The second-order valence-corrected chi connectivity index (χ2v) is 5.26. The Morgan fingerprint density at radius 3 is 2.29 bits per heavy atom. The van der Waals surface area contributed by atoms with Crippen molar-refractivity contribution < 1.29 is 18.7 Å². The van der Waals surface area contributed by atoms with Gasteiger partial charge >= 0.3 is 0 Å². The number of aryl methyl sites for hydroxylation is 4. The highest BCUT2D eigenvalue weighted by atomic mass is 16.3. The third kappa shape index (κ3) is 3.55. The molecule has 1 amide bonds. The van der Waals surface area contributed by atoms with Gasteiger partial charge in [0.25, 0.3) is 5.91 Å². The number of carbonyl (C=O) groups excluding carboxylic acids is 1. The van der Waals surface area contributed by atoms with E-state index in [1.807, 2.05) is 19.9 Å². The molecule has 21 heavy (non-hydrogen) atoms. The number of aliphatic hydroxyl groups is 1. The van der Waals surface area contributed by atoms with E-state index in [0.717, 1.165) is 11.3 Å². The van der Waals surface area contributed by atoms with E-state index in [1.165, 1.54) is 0 Å². The van der Waals surface area contributed by atoms with Crippen LogP contribution in [0.3, 0.4) is 0 Å². The quantitative estimate of drug-likeness (QED) is 0.888. The van der Waals surface area contributed by atoms with Crippen molar-refractivity contribution in [2.75, 3.05) is 6.54 Å². The van der Waals surface area contributed by atoms with E-state index in [9.17, 15) is 9.90 Å². The summed E-state index contributed by atoms with van der Waals surface area (Å²) in [5.74, 6) is 2.62. The topological polar surface area (TPSA) is 75.6 Å². The van der Waals surface area contributed by atoms with Crippen LogP contribution in [0.25, 0.3) is 0 Å². The Bertz CT molecular complexity index is 639.